The topological polar surface area (TPSA) is 21.3 Å². The van der Waals surface area contributed by atoms with Crippen LogP contribution < -0.4 is 5.32 Å². The molecule has 2 nitrogen and oxygen atoms in total. The highest BCUT2D eigenvalue weighted by Gasteiger charge is 2.02. The average Bonchev–Trinajstić information content (AvgIpc) is 2.36. The SMILES string of the molecule is CC(C)COCCCNC(C)Cc1ccc(Br)cc1. The smallest absolute Gasteiger partial charge is 0.0489 e. The molecule has 0 saturated heterocycles. The van der Waals surface area contributed by atoms with Gasteiger partial charge in [-0.3, -0.25) is 0 Å². The van der Waals surface area contributed by atoms with Crippen molar-refractivity contribution in [2.75, 3.05) is 19.8 Å². The quantitative estimate of drug-likeness (QED) is 0.691. The van der Waals surface area contributed by atoms with E-state index in [1.165, 1.54) is 5.56 Å². The van der Waals surface area contributed by atoms with Gasteiger partial charge in [-0.25, -0.2) is 0 Å². The van der Waals surface area contributed by atoms with Gasteiger partial charge in [0, 0.05) is 23.7 Å². The molecule has 0 spiro atoms. The Kier molecular flexibility index (Phi) is 8.35. The summed E-state index contributed by atoms with van der Waals surface area (Å²) < 4.78 is 6.70. The fourth-order valence-electron chi connectivity index (χ4n) is 1.89. The third kappa shape index (κ3) is 8.40. The van der Waals surface area contributed by atoms with E-state index in [0.717, 1.165) is 37.1 Å². The molecule has 3 heteroatoms. The lowest BCUT2D eigenvalue weighted by atomic mass is 10.1. The monoisotopic (exact) mass is 327 g/mol. The summed E-state index contributed by atoms with van der Waals surface area (Å²) in [4.78, 5) is 0. The van der Waals surface area contributed by atoms with Crippen LogP contribution in [0.2, 0.25) is 0 Å². The van der Waals surface area contributed by atoms with Crippen molar-refractivity contribution in [2.45, 2.75) is 39.7 Å². The minimum Gasteiger partial charge on any atom is -0.381 e. The summed E-state index contributed by atoms with van der Waals surface area (Å²) in [5.74, 6) is 0.629. The van der Waals surface area contributed by atoms with Gasteiger partial charge in [-0.05, 0) is 49.9 Å². The predicted octanol–water partition coefficient (Wildman–Crippen LogP) is 4.03. The van der Waals surface area contributed by atoms with Gasteiger partial charge in [0.15, 0.2) is 0 Å². The van der Waals surface area contributed by atoms with Gasteiger partial charge in [0.05, 0.1) is 0 Å². The first kappa shape index (κ1) is 16.7. The number of hydrogen-bond donors (Lipinski definition) is 1. The fraction of sp³-hybridized carbons (Fsp3) is 0.625. The van der Waals surface area contributed by atoms with Crippen LogP contribution in [0, 0.1) is 5.92 Å². The highest BCUT2D eigenvalue weighted by molar-refractivity contribution is 9.10. The number of benzene rings is 1. The lowest BCUT2D eigenvalue weighted by molar-refractivity contribution is 0.107. The zero-order valence-electron chi connectivity index (χ0n) is 12.3. The molecule has 1 unspecified atom stereocenters. The third-order valence-electron chi connectivity index (χ3n) is 2.86. The van der Waals surface area contributed by atoms with Gasteiger partial charge in [0.1, 0.15) is 0 Å². The molecule has 1 atom stereocenters. The van der Waals surface area contributed by atoms with Crippen LogP contribution in [0.4, 0.5) is 0 Å². The molecular weight excluding hydrogens is 302 g/mol. The largest absolute Gasteiger partial charge is 0.381 e. The van der Waals surface area contributed by atoms with Crippen LogP contribution in [0.3, 0.4) is 0 Å². The summed E-state index contributed by atoms with van der Waals surface area (Å²) in [6, 6.07) is 9.05. The van der Waals surface area contributed by atoms with E-state index in [4.69, 9.17) is 4.74 Å². The Labute approximate surface area is 126 Å². The van der Waals surface area contributed by atoms with E-state index in [1.807, 2.05) is 0 Å². The molecule has 0 aliphatic carbocycles. The van der Waals surface area contributed by atoms with Gasteiger partial charge in [-0.2, -0.15) is 0 Å². The zero-order chi connectivity index (χ0) is 14.1. The summed E-state index contributed by atoms with van der Waals surface area (Å²) in [5, 5.41) is 3.54. The Morgan fingerprint density at radius 3 is 2.47 bits per heavy atom. The number of halogens is 1. The number of ether oxygens (including phenoxy) is 1. The van der Waals surface area contributed by atoms with Crippen molar-refractivity contribution >= 4 is 15.9 Å². The van der Waals surface area contributed by atoms with Crippen molar-refractivity contribution in [1.29, 1.82) is 0 Å². The van der Waals surface area contributed by atoms with Crippen LogP contribution in [0.5, 0.6) is 0 Å². The van der Waals surface area contributed by atoms with E-state index < -0.39 is 0 Å². The summed E-state index contributed by atoms with van der Waals surface area (Å²) in [7, 11) is 0. The van der Waals surface area contributed by atoms with E-state index >= 15 is 0 Å². The summed E-state index contributed by atoms with van der Waals surface area (Å²) in [6.45, 7) is 9.34. The lowest BCUT2D eigenvalue weighted by Gasteiger charge is -2.14. The highest BCUT2D eigenvalue weighted by Crippen LogP contribution is 2.11. The van der Waals surface area contributed by atoms with Crippen molar-refractivity contribution in [3.8, 4) is 0 Å². The third-order valence-corrected chi connectivity index (χ3v) is 3.39. The zero-order valence-corrected chi connectivity index (χ0v) is 13.9. The van der Waals surface area contributed by atoms with Crippen LogP contribution in [-0.4, -0.2) is 25.8 Å². The van der Waals surface area contributed by atoms with Crippen LogP contribution in [-0.2, 0) is 11.2 Å². The molecule has 1 rings (SSSR count). The van der Waals surface area contributed by atoms with Crippen LogP contribution in [0.25, 0.3) is 0 Å². The van der Waals surface area contributed by atoms with Crippen molar-refractivity contribution < 1.29 is 4.74 Å². The Bertz CT molecular complexity index is 337. The molecule has 1 N–H and O–H groups in total. The fourth-order valence-corrected chi connectivity index (χ4v) is 2.15. The molecule has 0 aromatic heterocycles. The molecule has 0 fully saturated rings. The highest BCUT2D eigenvalue weighted by atomic mass is 79.9. The Balaban J connectivity index is 2.08. The van der Waals surface area contributed by atoms with E-state index in [-0.39, 0.29) is 0 Å². The molecular formula is C16H26BrNO. The molecule has 108 valence electrons. The second kappa shape index (κ2) is 9.51. The molecule has 1 aromatic carbocycles. The average molecular weight is 328 g/mol. The number of hydrogen-bond acceptors (Lipinski definition) is 2. The Morgan fingerprint density at radius 2 is 1.84 bits per heavy atom. The van der Waals surface area contributed by atoms with E-state index in [1.54, 1.807) is 0 Å². The first-order valence-corrected chi connectivity index (χ1v) is 7.93. The molecule has 0 bridgehead atoms. The Morgan fingerprint density at radius 1 is 1.16 bits per heavy atom. The minimum atomic E-state index is 0.506. The first-order chi connectivity index (χ1) is 9.08. The molecule has 0 saturated carbocycles. The maximum atomic E-state index is 5.56. The maximum Gasteiger partial charge on any atom is 0.0489 e. The maximum absolute atomic E-state index is 5.56. The van der Waals surface area contributed by atoms with Gasteiger partial charge < -0.3 is 10.1 Å². The van der Waals surface area contributed by atoms with Crippen molar-refractivity contribution in [2.24, 2.45) is 5.92 Å². The van der Waals surface area contributed by atoms with Crippen molar-refractivity contribution in [3.63, 3.8) is 0 Å². The predicted molar refractivity (Wildman–Crippen MR) is 85.6 cm³/mol. The molecule has 0 aliphatic rings. The molecule has 0 radical (unpaired) electrons. The van der Waals surface area contributed by atoms with Gasteiger partial charge in [0.2, 0.25) is 0 Å². The van der Waals surface area contributed by atoms with E-state index in [9.17, 15) is 0 Å². The molecule has 0 aliphatic heterocycles. The standard InChI is InChI=1S/C16H26BrNO/c1-13(2)12-19-10-4-9-18-14(3)11-15-5-7-16(17)8-6-15/h5-8,13-14,18H,4,9-12H2,1-3H3. The van der Waals surface area contributed by atoms with Crippen LogP contribution in [0.15, 0.2) is 28.7 Å². The summed E-state index contributed by atoms with van der Waals surface area (Å²) in [5.41, 5.74) is 1.37. The molecule has 19 heavy (non-hydrogen) atoms. The van der Waals surface area contributed by atoms with Gasteiger partial charge in [-0.1, -0.05) is 41.9 Å². The number of nitrogens with one attached hydrogen (secondary N) is 1. The summed E-state index contributed by atoms with van der Waals surface area (Å²) in [6.07, 6.45) is 2.15. The molecule has 1 aromatic rings. The van der Waals surface area contributed by atoms with Gasteiger partial charge >= 0.3 is 0 Å². The van der Waals surface area contributed by atoms with Crippen molar-refractivity contribution in [3.05, 3.63) is 34.3 Å². The van der Waals surface area contributed by atoms with E-state index in [2.05, 4.69) is 66.3 Å². The molecule has 0 amide bonds. The minimum absolute atomic E-state index is 0.506. The summed E-state index contributed by atoms with van der Waals surface area (Å²) >= 11 is 3.46. The van der Waals surface area contributed by atoms with Crippen LogP contribution in [0.1, 0.15) is 32.8 Å². The van der Waals surface area contributed by atoms with Gasteiger partial charge in [0.25, 0.3) is 0 Å². The Hall–Kier alpha value is -0.380. The number of rotatable bonds is 9. The van der Waals surface area contributed by atoms with Crippen LogP contribution >= 0.6 is 15.9 Å². The second-order valence-corrected chi connectivity index (χ2v) is 6.42. The first-order valence-electron chi connectivity index (χ1n) is 7.13. The molecule has 0 heterocycles. The lowest BCUT2D eigenvalue weighted by Crippen LogP contribution is -2.29. The normalized spacial score (nSPS) is 12.9. The second-order valence-electron chi connectivity index (χ2n) is 5.51. The van der Waals surface area contributed by atoms with Crippen molar-refractivity contribution in [1.82, 2.24) is 5.32 Å². The van der Waals surface area contributed by atoms with E-state index in [0.29, 0.717) is 12.0 Å². The van der Waals surface area contributed by atoms with Gasteiger partial charge in [-0.15, -0.1) is 0 Å².